The first-order valence-electron chi connectivity index (χ1n) is 11.7. The summed E-state index contributed by atoms with van der Waals surface area (Å²) in [6, 6.07) is 7.71. The van der Waals surface area contributed by atoms with Crippen molar-refractivity contribution < 1.29 is 23.5 Å². The number of hydrogen-bond acceptors (Lipinski definition) is 5. The van der Waals surface area contributed by atoms with Crippen LogP contribution >= 0.6 is 0 Å². The standard InChI is InChI=1S/C26H32FN3O4/c1-4-5-6-7-16(2)24(25-17(3)20-14-19(27)9-10-21(20)34-25)30-22-11-8-18(15-29-22)26(33)28-13-12-23(31)32/h8-11,14-16,24H,4-7,12-13H2,1-3H3,(H,28,33)(H,29,30)(H,31,32). The SMILES string of the molecule is CCCCCC(C)C(Nc1ccc(C(=O)NCCC(=O)O)cn1)c1oc2ccc(F)cc2c1C. The minimum atomic E-state index is -0.972. The fourth-order valence-corrected chi connectivity index (χ4v) is 4.02. The number of anilines is 1. The summed E-state index contributed by atoms with van der Waals surface area (Å²) in [7, 11) is 0. The van der Waals surface area contributed by atoms with Gasteiger partial charge in [0.25, 0.3) is 5.91 Å². The highest BCUT2D eigenvalue weighted by Crippen LogP contribution is 2.36. The molecular formula is C26H32FN3O4. The number of nitrogens with zero attached hydrogens (tertiary/aromatic N) is 1. The molecule has 1 aromatic carbocycles. The van der Waals surface area contributed by atoms with Crippen molar-refractivity contribution in [3.63, 3.8) is 0 Å². The van der Waals surface area contributed by atoms with E-state index in [9.17, 15) is 14.0 Å². The number of carbonyl (C=O) groups is 2. The molecule has 3 aromatic rings. The highest BCUT2D eigenvalue weighted by molar-refractivity contribution is 5.94. The Labute approximate surface area is 198 Å². The number of rotatable bonds is 12. The van der Waals surface area contributed by atoms with Gasteiger partial charge in [-0.25, -0.2) is 9.37 Å². The quantitative estimate of drug-likeness (QED) is 0.288. The van der Waals surface area contributed by atoms with Crippen molar-refractivity contribution in [2.24, 2.45) is 5.92 Å². The van der Waals surface area contributed by atoms with Crippen molar-refractivity contribution in [1.82, 2.24) is 10.3 Å². The molecule has 34 heavy (non-hydrogen) atoms. The molecule has 7 nitrogen and oxygen atoms in total. The van der Waals surface area contributed by atoms with E-state index in [1.54, 1.807) is 18.2 Å². The van der Waals surface area contributed by atoms with E-state index in [1.807, 2.05) is 6.92 Å². The lowest BCUT2D eigenvalue weighted by molar-refractivity contribution is -0.136. The summed E-state index contributed by atoms with van der Waals surface area (Å²) < 4.78 is 20.0. The molecule has 2 atom stereocenters. The van der Waals surface area contributed by atoms with Crippen molar-refractivity contribution in [2.75, 3.05) is 11.9 Å². The second-order valence-electron chi connectivity index (χ2n) is 8.66. The molecule has 0 aliphatic heterocycles. The van der Waals surface area contributed by atoms with E-state index in [4.69, 9.17) is 9.52 Å². The molecule has 0 fully saturated rings. The van der Waals surface area contributed by atoms with Crippen molar-refractivity contribution >= 4 is 28.7 Å². The second kappa shape index (κ2) is 11.6. The number of furan rings is 1. The van der Waals surface area contributed by atoms with Crippen LogP contribution < -0.4 is 10.6 Å². The van der Waals surface area contributed by atoms with E-state index in [2.05, 4.69) is 29.5 Å². The number of unbranched alkanes of at least 4 members (excludes halogenated alkanes) is 2. The van der Waals surface area contributed by atoms with Crippen molar-refractivity contribution in [3.05, 3.63) is 59.2 Å². The largest absolute Gasteiger partial charge is 0.481 e. The summed E-state index contributed by atoms with van der Waals surface area (Å²) in [4.78, 5) is 27.2. The Morgan fingerprint density at radius 3 is 2.68 bits per heavy atom. The number of carbonyl (C=O) groups excluding carboxylic acids is 1. The van der Waals surface area contributed by atoms with Crippen LogP contribution in [-0.4, -0.2) is 28.5 Å². The molecule has 3 N–H and O–H groups in total. The Morgan fingerprint density at radius 1 is 1.21 bits per heavy atom. The maximum atomic E-state index is 13.8. The summed E-state index contributed by atoms with van der Waals surface area (Å²) in [5.74, 6) is -0.0956. The molecule has 182 valence electrons. The van der Waals surface area contributed by atoms with E-state index >= 15 is 0 Å². The number of aromatic nitrogens is 1. The lowest BCUT2D eigenvalue weighted by Crippen LogP contribution is -2.26. The summed E-state index contributed by atoms with van der Waals surface area (Å²) in [5.41, 5.74) is 1.88. The van der Waals surface area contributed by atoms with Crippen molar-refractivity contribution in [2.45, 2.75) is 58.9 Å². The number of carboxylic acid groups (broad SMARTS) is 1. The van der Waals surface area contributed by atoms with E-state index in [0.29, 0.717) is 17.0 Å². The van der Waals surface area contributed by atoms with Gasteiger partial charge in [-0.05, 0) is 49.6 Å². The van der Waals surface area contributed by atoms with Gasteiger partial charge in [0.2, 0.25) is 0 Å². The molecule has 0 aliphatic carbocycles. The van der Waals surface area contributed by atoms with Crippen LogP contribution in [0.2, 0.25) is 0 Å². The molecule has 1 amide bonds. The van der Waals surface area contributed by atoms with Gasteiger partial charge in [-0.1, -0.05) is 33.1 Å². The zero-order valence-corrected chi connectivity index (χ0v) is 19.9. The smallest absolute Gasteiger partial charge is 0.305 e. The number of nitrogens with one attached hydrogen (secondary N) is 2. The van der Waals surface area contributed by atoms with Gasteiger partial charge in [-0.2, -0.15) is 0 Å². The number of benzene rings is 1. The van der Waals surface area contributed by atoms with E-state index in [-0.39, 0.29) is 36.6 Å². The normalized spacial score (nSPS) is 12.9. The lowest BCUT2D eigenvalue weighted by atomic mass is 9.91. The molecule has 8 heteroatoms. The Kier molecular flexibility index (Phi) is 8.62. The predicted octanol–water partition coefficient (Wildman–Crippen LogP) is 5.85. The monoisotopic (exact) mass is 469 g/mol. The molecule has 0 bridgehead atoms. The van der Waals surface area contributed by atoms with Crippen LogP contribution in [0.15, 0.2) is 40.9 Å². The van der Waals surface area contributed by atoms with Crippen LogP contribution in [0.3, 0.4) is 0 Å². The van der Waals surface area contributed by atoms with E-state index < -0.39 is 5.97 Å². The second-order valence-corrected chi connectivity index (χ2v) is 8.66. The van der Waals surface area contributed by atoms with Crippen LogP contribution in [0.25, 0.3) is 11.0 Å². The number of aliphatic carboxylic acids is 1. The van der Waals surface area contributed by atoms with Gasteiger partial charge in [-0.3, -0.25) is 9.59 Å². The van der Waals surface area contributed by atoms with Gasteiger partial charge in [0.15, 0.2) is 0 Å². The predicted molar refractivity (Wildman–Crippen MR) is 129 cm³/mol. The molecular weight excluding hydrogens is 437 g/mol. The van der Waals surface area contributed by atoms with Crippen molar-refractivity contribution in [1.29, 1.82) is 0 Å². The molecule has 2 aromatic heterocycles. The van der Waals surface area contributed by atoms with Crippen LogP contribution in [0.4, 0.5) is 10.2 Å². The van der Waals surface area contributed by atoms with E-state index in [0.717, 1.165) is 42.4 Å². The first-order valence-corrected chi connectivity index (χ1v) is 11.7. The molecule has 0 aliphatic rings. The Bertz CT molecular complexity index is 1130. The van der Waals surface area contributed by atoms with Crippen molar-refractivity contribution in [3.8, 4) is 0 Å². The number of hydrogen-bond donors (Lipinski definition) is 3. The zero-order valence-electron chi connectivity index (χ0n) is 19.9. The Hall–Kier alpha value is -3.42. The minimum Gasteiger partial charge on any atom is -0.481 e. The van der Waals surface area contributed by atoms with Gasteiger partial charge in [-0.15, -0.1) is 0 Å². The first kappa shape index (κ1) is 25.2. The third-order valence-corrected chi connectivity index (χ3v) is 6.00. The summed E-state index contributed by atoms with van der Waals surface area (Å²) >= 11 is 0. The topological polar surface area (TPSA) is 104 Å². The van der Waals surface area contributed by atoms with Gasteiger partial charge in [0.1, 0.15) is 23.0 Å². The molecule has 3 rings (SSSR count). The maximum absolute atomic E-state index is 13.8. The number of amides is 1. The minimum absolute atomic E-state index is 0.0530. The third kappa shape index (κ3) is 6.34. The highest BCUT2D eigenvalue weighted by atomic mass is 19.1. The van der Waals surface area contributed by atoms with Crippen LogP contribution in [-0.2, 0) is 4.79 Å². The average molecular weight is 470 g/mol. The van der Waals surface area contributed by atoms with Gasteiger partial charge in [0.05, 0.1) is 18.0 Å². The number of carboxylic acids is 1. The zero-order chi connectivity index (χ0) is 24.7. The summed E-state index contributed by atoms with van der Waals surface area (Å²) in [6.45, 7) is 6.32. The number of fused-ring (bicyclic) bond motifs is 1. The molecule has 0 saturated heterocycles. The van der Waals surface area contributed by atoms with Gasteiger partial charge in [0, 0.05) is 23.7 Å². The number of pyridine rings is 1. The molecule has 0 spiro atoms. The van der Waals surface area contributed by atoms with Crippen LogP contribution in [0, 0.1) is 18.7 Å². The summed E-state index contributed by atoms with van der Waals surface area (Å²) in [5, 5.41) is 15.5. The van der Waals surface area contributed by atoms with E-state index in [1.165, 1.54) is 18.3 Å². The maximum Gasteiger partial charge on any atom is 0.305 e. The lowest BCUT2D eigenvalue weighted by Gasteiger charge is -2.25. The van der Waals surface area contributed by atoms with Crippen LogP contribution in [0.1, 0.15) is 73.7 Å². The van der Waals surface area contributed by atoms with Gasteiger partial charge >= 0.3 is 5.97 Å². The molecule has 2 unspecified atom stereocenters. The molecule has 0 saturated carbocycles. The number of halogens is 1. The fourth-order valence-electron chi connectivity index (χ4n) is 4.02. The van der Waals surface area contributed by atoms with Crippen LogP contribution in [0.5, 0.6) is 0 Å². The molecule has 0 radical (unpaired) electrons. The first-order chi connectivity index (χ1) is 16.3. The average Bonchev–Trinajstić information content (AvgIpc) is 3.13. The third-order valence-electron chi connectivity index (χ3n) is 6.00. The number of aryl methyl sites for hydroxylation is 1. The fraction of sp³-hybridized carbons (Fsp3) is 0.423. The molecule has 2 heterocycles. The summed E-state index contributed by atoms with van der Waals surface area (Å²) in [6.07, 6.45) is 5.67. The van der Waals surface area contributed by atoms with Gasteiger partial charge < -0.3 is 20.2 Å². The Balaban J connectivity index is 1.81. The Morgan fingerprint density at radius 2 is 2.00 bits per heavy atom. The highest BCUT2D eigenvalue weighted by Gasteiger charge is 2.26.